The van der Waals surface area contributed by atoms with Crippen molar-refractivity contribution in [2.24, 2.45) is 5.41 Å². The molecule has 1 atom stereocenters. The molecule has 6 heteroatoms. The minimum atomic E-state index is -0.573. The zero-order valence-corrected chi connectivity index (χ0v) is 11.5. The van der Waals surface area contributed by atoms with Crippen LogP contribution in [0.25, 0.3) is 0 Å². The Morgan fingerprint density at radius 3 is 2.26 bits per heavy atom. The maximum Gasteiger partial charge on any atom is 0.412 e. The number of ether oxygens (including phenoxy) is 1. The van der Waals surface area contributed by atoms with Gasteiger partial charge in [-0.1, -0.05) is 20.8 Å². The van der Waals surface area contributed by atoms with Gasteiger partial charge in [-0.2, -0.15) is 0 Å². The van der Waals surface area contributed by atoms with Crippen molar-refractivity contribution in [2.75, 3.05) is 0 Å². The van der Waals surface area contributed by atoms with Crippen molar-refractivity contribution in [3.8, 4) is 5.75 Å². The summed E-state index contributed by atoms with van der Waals surface area (Å²) in [7, 11) is 0. The molecule has 0 aromatic heterocycles. The lowest BCUT2D eigenvalue weighted by molar-refractivity contribution is -0.384. The van der Waals surface area contributed by atoms with Gasteiger partial charge in [0.25, 0.3) is 5.69 Å². The molecule has 1 rings (SSSR count). The van der Waals surface area contributed by atoms with Gasteiger partial charge in [0, 0.05) is 18.2 Å². The van der Waals surface area contributed by atoms with Gasteiger partial charge >= 0.3 is 6.09 Å². The Labute approximate surface area is 111 Å². The Kier molecular flexibility index (Phi) is 4.47. The standard InChI is InChI=1S/C13H18N2O4/c1-9(13(2,3)4)14-12(16)19-11-7-5-10(6-8-11)15(17)18/h5-9H,1-4H3,(H,14,16)/t9-/m1/s1. The van der Waals surface area contributed by atoms with Crippen LogP contribution in [-0.2, 0) is 0 Å². The number of rotatable bonds is 3. The van der Waals surface area contributed by atoms with E-state index in [4.69, 9.17) is 4.74 Å². The molecule has 0 radical (unpaired) electrons. The number of nitro benzene ring substituents is 1. The van der Waals surface area contributed by atoms with Gasteiger partial charge < -0.3 is 10.1 Å². The molecule has 1 amide bonds. The Morgan fingerprint density at radius 2 is 1.84 bits per heavy atom. The summed E-state index contributed by atoms with van der Waals surface area (Å²) in [5, 5.41) is 13.2. The highest BCUT2D eigenvalue weighted by Gasteiger charge is 2.22. The van der Waals surface area contributed by atoms with E-state index >= 15 is 0 Å². The van der Waals surface area contributed by atoms with Gasteiger partial charge in [0.1, 0.15) is 5.75 Å². The zero-order valence-electron chi connectivity index (χ0n) is 11.5. The maximum atomic E-state index is 11.6. The molecule has 0 bridgehead atoms. The van der Waals surface area contributed by atoms with Gasteiger partial charge in [-0.15, -0.1) is 0 Å². The predicted octanol–water partition coefficient (Wildman–Crippen LogP) is 3.12. The fourth-order valence-electron chi connectivity index (χ4n) is 1.17. The van der Waals surface area contributed by atoms with E-state index in [0.717, 1.165) is 0 Å². The second-order valence-electron chi connectivity index (χ2n) is 5.37. The molecule has 0 spiro atoms. The molecule has 1 aromatic carbocycles. The SMILES string of the molecule is C[C@@H](NC(=O)Oc1ccc([N+](=O)[O-])cc1)C(C)(C)C. The van der Waals surface area contributed by atoms with Gasteiger partial charge in [0.15, 0.2) is 0 Å². The van der Waals surface area contributed by atoms with Crippen molar-refractivity contribution in [3.63, 3.8) is 0 Å². The molecule has 0 aliphatic heterocycles. The molecule has 0 saturated carbocycles. The summed E-state index contributed by atoms with van der Waals surface area (Å²) in [6.07, 6.45) is -0.573. The van der Waals surface area contributed by atoms with Crippen molar-refractivity contribution in [3.05, 3.63) is 34.4 Å². The van der Waals surface area contributed by atoms with E-state index in [0.29, 0.717) is 0 Å². The molecular formula is C13H18N2O4. The van der Waals surface area contributed by atoms with Crippen LogP contribution in [0.5, 0.6) is 5.75 Å². The molecule has 0 unspecified atom stereocenters. The smallest absolute Gasteiger partial charge is 0.410 e. The van der Waals surface area contributed by atoms with Gasteiger partial charge in [-0.3, -0.25) is 10.1 Å². The van der Waals surface area contributed by atoms with E-state index < -0.39 is 11.0 Å². The summed E-state index contributed by atoms with van der Waals surface area (Å²) in [6, 6.07) is 5.29. The maximum absolute atomic E-state index is 11.6. The second kappa shape index (κ2) is 5.69. The molecule has 1 N–H and O–H groups in total. The minimum Gasteiger partial charge on any atom is -0.410 e. The van der Waals surface area contributed by atoms with Crippen LogP contribution in [0.1, 0.15) is 27.7 Å². The predicted molar refractivity (Wildman–Crippen MR) is 71.2 cm³/mol. The molecule has 6 nitrogen and oxygen atoms in total. The van der Waals surface area contributed by atoms with Crippen LogP contribution >= 0.6 is 0 Å². The number of hydrogen-bond acceptors (Lipinski definition) is 4. The fraction of sp³-hybridized carbons (Fsp3) is 0.462. The Morgan fingerprint density at radius 1 is 1.32 bits per heavy atom. The molecule has 0 aliphatic rings. The number of benzene rings is 1. The van der Waals surface area contributed by atoms with Crippen molar-refractivity contribution < 1.29 is 14.5 Å². The van der Waals surface area contributed by atoms with E-state index in [1.54, 1.807) is 0 Å². The molecular weight excluding hydrogens is 248 g/mol. The summed E-state index contributed by atoms with van der Waals surface area (Å²) in [5.41, 5.74) is -0.120. The minimum absolute atomic E-state index is 0.0455. The molecule has 0 fully saturated rings. The average Bonchev–Trinajstić information content (AvgIpc) is 2.28. The number of carbonyl (C=O) groups excluding carboxylic acids is 1. The highest BCUT2D eigenvalue weighted by Crippen LogP contribution is 2.20. The first-order chi connectivity index (χ1) is 8.70. The van der Waals surface area contributed by atoms with Crippen LogP contribution in [0.3, 0.4) is 0 Å². The molecule has 0 aliphatic carbocycles. The van der Waals surface area contributed by atoms with E-state index in [9.17, 15) is 14.9 Å². The van der Waals surface area contributed by atoms with Crippen LogP contribution in [0, 0.1) is 15.5 Å². The quantitative estimate of drug-likeness (QED) is 0.673. The third kappa shape index (κ3) is 4.57. The van der Waals surface area contributed by atoms with Crippen LogP contribution in [-0.4, -0.2) is 17.1 Å². The highest BCUT2D eigenvalue weighted by atomic mass is 16.6. The van der Waals surface area contributed by atoms with Gasteiger partial charge in [0.2, 0.25) is 0 Å². The largest absolute Gasteiger partial charge is 0.412 e. The molecule has 104 valence electrons. The first-order valence-electron chi connectivity index (χ1n) is 5.93. The van der Waals surface area contributed by atoms with E-state index in [2.05, 4.69) is 5.32 Å². The Bertz CT molecular complexity index is 463. The molecule has 19 heavy (non-hydrogen) atoms. The van der Waals surface area contributed by atoms with Crippen molar-refractivity contribution in [1.29, 1.82) is 0 Å². The van der Waals surface area contributed by atoms with Crippen LogP contribution in [0.2, 0.25) is 0 Å². The zero-order chi connectivity index (χ0) is 14.6. The summed E-state index contributed by atoms with van der Waals surface area (Å²) in [4.78, 5) is 21.6. The molecule has 0 heterocycles. The monoisotopic (exact) mass is 266 g/mol. The number of carbonyl (C=O) groups is 1. The topological polar surface area (TPSA) is 81.5 Å². The number of amides is 1. The number of non-ortho nitro benzene ring substituents is 1. The van der Waals surface area contributed by atoms with Crippen LogP contribution in [0.15, 0.2) is 24.3 Å². The van der Waals surface area contributed by atoms with Crippen LogP contribution in [0.4, 0.5) is 10.5 Å². The number of nitrogens with one attached hydrogen (secondary N) is 1. The van der Waals surface area contributed by atoms with E-state index in [1.165, 1.54) is 24.3 Å². The first-order valence-corrected chi connectivity index (χ1v) is 5.93. The van der Waals surface area contributed by atoms with Gasteiger partial charge in [-0.25, -0.2) is 4.79 Å². The molecule has 1 aromatic rings. The Balaban J connectivity index is 2.60. The average molecular weight is 266 g/mol. The van der Waals surface area contributed by atoms with Crippen molar-refractivity contribution in [1.82, 2.24) is 5.32 Å². The summed E-state index contributed by atoms with van der Waals surface area (Å²) in [6.45, 7) is 7.90. The third-order valence-corrected chi connectivity index (χ3v) is 2.89. The summed E-state index contributed by atoms with van der Waals surface area (Å²) >= 11 is 0. The second-order valence-corrected chi connectivity index (χ2v) is 5.37. The lowest BCUT2D eigenvalue weighted by atomic mass is 9.88. The summed E-state index contributed by atoms with van der Waals surface area (Å²) in [5.74, 6) is 0.268. The van der Waals surface area contributed by atoms with Crippen molar-refractivity contribution in [2.45, 2.75) is 33.7 Å². The number of hydrogen-bond donors (Lipinski definition) is 1. The Hall–Kier alpha value is -2.11. The van der Waals surface area contributed by atoms with Gasteiger partial charge in [0.05, 0.1) is 4.92 Å². The first kappa shape index (κ1) is 14.9. The number of nitro groups is 1. The lowest BCUT2D eigenvalue weighted by Crippen LogP contribution is -2.42. The number of nitrogens with zero attached hydrogens (tertiary/aromatic N) is 1. The van der Waals surface area contributed by atoms with E-state index in [1.807, 2.05) is 27.7 Å². The molecule has 0 saturated heterocycles. The highest BCUT2D eigenvalue weighted by molar-refractivity contribution is 5.70. The fourth-order valence-corrected chi connectivity index (χ4v) is 1.17. The van der Waals surface area contributed by atoms with E-state index in [-0.39, 0.29) is 22.9 Å². The lowest BCUT2D eigenvalue weighted by Gasteiger charge is -2.27. The van der Waals surface area contributed by atoms with Crippen LogP contribution < -0.4 is 10.1 Å². The normalized spacial score (nSPS) is 12.6. The van der Waals surface area contributed by atoms with Gasteiger partial charge in [-0.05, 0) is 24.5 Å². The summed E-state index contributed by atoms with van der Waals surface area (Å²) < 4.78 is 5.04. The van der Waals surface area contributed by atoms with Crippen molar-refractivity contribution >= 4 is 11.8 Å². The third-order valence-electron chi connectivity index (χ3n) is 2.89.